The average molecular weight is 437 g/mol. The number of rotatable bonds is 4. The minimum Gasteiger partial charge on any atom is -0.486 e. The van der Waals surface area contributed by atoms with E-state index < -0.39 is 5.92 Å². The zero-order valence-corrected chi connectivity index (χ0v) is 17.8. The lowest BCUT2D eigenvalue weighted by Crippen LogP contribution is -2.22. The summed E-state index contributed by atoms with van der Waals surface area (Å²) in [5.41, 5.74) is 4.19. The maximum atomic E-state index is 13.1. The van der Waals surface area contributed by atoms with Gasteiger partial charge in [0.05, 0.1) is 23.0 Å². The van der Waals surface area contributed by atoms with Crippen molar-refractivity contribution in [2.24, 2.45) is 4.99 Å². The molecule has 0 aromatic heterocycles. The van der Waals surface area contributed by atoms with Gasteiger partial charge in [-0.1, -0.05) is 0 Å². The molecule has 33 heavy (non-hydrogen) atoms. The fourth-order valence-electron chi connectivity index (χ4n) is 4.00. The molecule has 0 aliphatic carbocycles. The first kappa shape index (κ1) is 20.5. The van der Waals surface area contributed by atoms with Gasteiger partial charge in [-0.25, -0.2) is 0 Å². The SMILES string of the molecule is CC(=O)c1ccc2c(c1)C(C(=Nc1ccc(C#N)cc1)c1ccc3c(c1)OCCO3)C(=O)N2. The number of nitrogens with one attached hydrogen (secondary N) is 1. The summed E-state index contributed by atoms with van der Waals surface area (Å²) in [5.74, 6) is 0.187. The summed E-state index contributed by atoms with van der Waals surface area (Å²) in [7, 11) is 0. The Labute approximate surface area is 190 Å². The Balaban J connectivity index is 1.67. The van der Waals surface area contributed by atoms with Gasteiger partial charge in [-0.15, -0.1) is 0 Å². The van der Waals surface area contributed by atoms with Crippen LogP contribution in [0.5, 0.6) is 11.5 Å². The lowest BCUT2D eigenvalue weighted by Gasteiger charge is -2.20. The molecule has 5 rings (SSSR count). The Morgan fingerprint density at radius 1 is 1.00 bits per heavy atom. The Kier molecular flexibility index (Phi) is 5.11. The van der Waals surface area contributed by atoms with Crippen molar-refractivity contribution < 1.29 is 19.1 Å². The number of nitriles is 1. The van der Waals surface area contributed by atoms with Gasteiger partial charge in [0.15, 0.2) is 17.3 Å². The zero-order valence-electron chi connectivity index (χ0n) is 17.8. The molecule has 0 bridgehead atoms. The highest BCUT2D eigenvalue weighted by atomic mass is 16.6. The second-order valence-electron chi connectivity index (χ2n) is 7.79. The van der Waals surface area contributed by atoms with E-state index in [4.69, 9.17) is 19.7 Å². The van der Waals surface area contributed by atoms with Crippen molar-refractivity contribution >= 4 is 28.8 Å². The molecular formula is C26H19N3O4. The van der Waals surface area contributed by atoms with E-state index in [-0.39, 0.29) is 11.7 Å². The molecule has 3 aromatic carbocycles. The third-order valence-electron chi connectivity index (χ3n) is 5.65. The van der Waals surface area contributed by atoms with E-state index in [0.29, 0.717) is 64.1 Å². The van der Waals surface area contributed by atoms with Gasteiger partial charge in [-0.05, 0) is 73.2 Å². The van der Waals surface area contributed by atoms with Gasteiger partial charge in [0.1, 0.15) is 19.1 Å². The molecule has 1 N–H and O–H groups in total. The fourth-order valence-corrected chi connectivity index (χ4v) is 4.00. The van der Waals surface area contributed by atoms with Crippen molar-refractivity contribution in [2.45, 2.75) is 12.8 Å². The van der Waals surface area contributed by atoms with Crippen LogP contribution in [0.3, 0.4) is 0 Å². The third kappa shape index (κ3) is 3.83. The predicted molar refractivity (Wildman–Crippen MR) is 123 cm³/mol. The first-order valence-electron chi connectivity index (χ1n) is 10.5. The van der Waals surface area contributed by atoms with Crippen LogP contribution in [0.1, 0.15) is 39.9 Å². The van der Waals surface area contributed by atoms with E-state index in [2.05, 4.69) is 11.4 Å². The molecule has 3 aromatic rings. The quantitative estimate of drug-likeness (QED) is 0.482. The van der Waals surface area contributed by atoms with Gasteiger partial charge in [-0.2, -0.15) is 5.26 Å². The third-order valence-corrected chi connectivity index (χ3v) is 5.65. The van der Waals surface area contributed by atoms with Gasteiger partial charge in [0.2, 0.25) is 5.91 Å². The molecule has 1 atom stereocenters. The van der Waals surface area contributed by atoms with Gasteiger partial charge in [0.25, 0.3) is 0 Å². The molecule has 0 spiro atoms. The largest absolute Gasteiger partial charge is 0.486 e. The number of ketones is 1. The average Bonchev–Trinajstić information content (AvgIpc) is 3.17. The summed E-state index contributed by atoms with van der Waals surface area (Å²) in [6, 6.07) is 19.6. The number of ether oxygens (including phenoxy) is 2. The summed E-state index contributed by atoms with van der Waals surface area (Å²) in [5, 5.41) is 12.0. The summed E-state index contributed by atoms with van der Waals surface area (Å²) in [6.45, 7) is 2.41. The number of benzene rings is 3. The van der Waals surface area contributed by atoms with Crippen LogP contribution >= 0.6 is 0 Å². The van der Waals surface area contributed by atoms with Crippen molar-refractivity contribution in [3.05, 3.63) is 82.9 Å². The van der Waals surface area contributed by atoms with Crippen LogP contribution in [0.25, 0.3) is 0 Å². The molecule has 2 aliphatic heterocycles. The molecule has 1 amide bonds. The Morgan fingerprint density at radius 2 is 1.73 bits per heavy atom. The van der Waals surface area contributed by atoms with E-state index in [1.54, 1.807) is 48.5 Å². The molecule has 2 heterocycles. The molecule has 7 nitrogen and oxygen atoms in total. The first-order chi connectivity index (χ1) is 16.0. The molecule has 1 unspecified atom stereocenters. The summed E-state index contributed by atoms with van der Waals surface area (Å²) < 4.78 is 11.4. The molecule has 2 aliphatic rings. The van der Waals surface area contributed by atoms with Crippen LogP contribution in [-0.2, 0) is 4.79 Å². The number of carbonyl (C=O) groups is 2. The molecule has 0 radical (unpaired) electrons. The number of nitrogens with zero attached hydrogens (tertiary/aromatic N) is 2. The van der Waals surface area contributed by atoms with Crippen LogP contribution in [0.4, 0.5) is 11.4 Å². The van der Waals surface area contributed by atoms with Crippen molar-refractivity contribution in [3.63, 3.8) is 0 Å². The number of hydrogen-bond donors (Lipinski definition) is 1. The Morgan fingerprint density at radius 3 is 2.45 bits per heavy atom. The number of Topliss-reactive ketones (excluding diaryl/α,β-unsaturated/α-hetero) is 1. The highest BCUT2D eigenvalue weighted by molar-refractivity contribution is 6.24. The van der Waals surface area contributed by atoms with Gasteiger partial charge in [0, 0.05) is 16.8 Å². The standard InChI is InChI=1S/C26H19N3O4/c1-15(30)17-4-8-21-20(12-17)24(26(31)29-21)25(28-19-6-2-16(14-27)3-7-19)18-5-9-22-23(13-18)33-11-10-32-22/h2-9,12-13,24H,10-11H2,1H3,(H,29,31). The highest BCUT2D eigenvalue weighted by Crippen LogP contribution is 2.39. The number of hydrogen-bond acceptors (Lipinski definition) is 6. The van der Waals surface area contributed by atoms with Crippen molar-refractivity contribution in [1.29, 1.82) is 5.26 Å². The van der Waals surface area contributed by atoms with Gasteiger partial charge >= 0.3 is 0 Å². The van der Waals surface area contributed by atoms with Gasteiger partial charge in [-0.3, -0.25) is 14.6 Å². The molecule has 162 valence electrons. The number of anilines is 1. The highest BCUT2D eigenvalue weighted by Gasteiger charge is 2.36. The molecule has 0 saturated carbocycles. The van der Waals surface area contributed by atoms with Crippen molar-refractivity contribution in [3.8, 4) is 17.6 Å². The molecule has 7 heteroatoms. The normalized spacial score (nSPS) is 16.5. The summed E-state index contributed by atoms with van der Waals surface area (Å²) >= 11 is 0. The summed E-state index contributed by atoms with van der Waals surface area (Å²) in [6.07, 6.45) is 0. The number of fused-ring (bicyclic) bond motifs is 2. The monoisotopic (exact) mass is 437 g/mol. The minimum absolute atomic E-state index is 0.0826. The number of carbonyl (C=O) groups excluding carboxylic acids is 2. The second-order valence-corrected chi connectivity index (χ2v) is 7.79. The van der Waals surface area contributed by atoms with Crippen molar-refractivity contribution in [2.75, 3.05) is 18.5 Å². The lowest BCUT2D eigenvalue weighted by atomic mass is 9.89. The van der Waals surface area contributed by atoms with E-state index in [1.165, 1.54) is 6.92 Å². The topological polar surface area (TPSA) is 101 Å². The van der Waals surface area contributed by atoms with Crippen LogP contribution in [0.2, 0.25) is 0 Å². The van der Waals surface area contributed by atoms with Crippen LogP contribution in [0.15, 0.2) is 65.7 Å². The fraction of sp³-hybridized carbons (Fsp3) is 0.154. The van der Waals surface area contributed by atoms with E-state index in [0.717, 1.165) is 0 Å². The zero-order chi connectivity index (χ0) is 22.9. The van der Waals surface area contributed by atoms with E-state index in [1.807, 2.05) is 12.1 Å². The Hall–Kier alpha value is -4.44. The maximum Gasteiger partial charge on any atom is 0.238 e. The number of amides is 1. The van der Waals surface area contributed by atoms with Crippen LogP contribution in [-0.4, -0.2) is 30.6 Å². The smallest absolute Gasteiger partial charge is 0.238 e. The predicted octanol–water partition coefficient (Wildman–Crippen LogP) is 4.39. The minimum atomic E-state index is -0.725. The van der Waals surface area contributed by atoms with Crippen LogP contribution in [0, 0.1) is 11.3 Å². The molecule has 0 saturated heterocycles. The van der Waals surface area contributed by atoms with Crippen molar-refractivity contribution in [1.82, 2.24) is 0 Å². The molecular weight excluding hydrogens is 418 g/mol. The van der Waals surface area contributed by atoms with E-state index >= 15 is 0 Å². The maximum absolute atomic E-state index is 13.1. The lowest BCUT2D eigenvalue weighted by molar-refractivity contribution is -0.115. The molecule has 0 fully saturated rings. The first-order valence-corrected chi connectivity index (χ1v) is 10.5. The second kappa shape index (κ2) is 8.24. The van der Waals surface area contributed by atoms with Crippen LogP contribution < -0.4 is 14.8 Å². The summed E-state index contributed by atoms with van der Waals surface area (Å²) in [4.78, 5) is 29.9. The van der Waals surface area contributed by atoms with Gasteiger partial charge < -0.3 is 14.8 Å². The number of aliphatic imine (C=N–C) groups is 1. The Bertz CT molecular complexity index is 1350. The van der Waals surface area contributed by atoms with E-state index in [9.17, 15) is 9.59 Å².